The number of allylic oxidation sites excluding steroid dienone is 6. The van der Waals surface area contributed by atoms with E-state index in [1.165, 1.54) is 32.7 Å². The van der Waals surface area contributed by atoms with Crippen LogP contribution in [0.5, 0.6) is 0 Å². The number of ether oxygens (including phenoxy) is 2. The van der Waals surface area contributed by atoms with Gasteiger partial charge in [-0.2, -0.15) is 0 Å². The lowest BCUT2D eigenvalue weighted by molar-refractivity contribution is 0.277. The van der Waals surface area contributed by atoms with Gasteiger partial charge < -0.3 is 9.47 Å². The predicted octanol–water partition coefficient (Wildman–Crippen LogP) is 4.11. The molecule has 0 atom stereocenters. The first-order valence-electron chi connectivity index (χ1n) is 7.53. The maximum atomic E-state index is 5.73. The van der Waals surface area contributed by atoms with Crippen LogP contribution < -0.4 is 0 Å². The second-order valence-electron chi connectivity index (χ2n) is 6.62. The molecule has 3 heteroatoms. The Morgan fingerprint density at radius 3 is 1.67 bits per heavy atom. The van der Waals surface area contributed by atoms with Gasteiger partial charge in [0, 0.05) is 11.1 Å². The van der Waals surface area contributed by atoms with Crippen molar-refractivity contribution in [3.05, 3.63) is 68.5 Å². The highest BCUT2D eigenvalue weighted by Gasteiger charge is 2.43. The fourth-order valence-electron chi connectivity index (χ4n) is 4.22. The Hall–Kier alpha value is -1.74. The van der Waals surface area contributed by atoms with Crippen LogP contribution in [-0.4, -0.2) is 21.3 Å². The molecule has 2 nitrogen and oxygen atoms in total. The van der Waals surface area contributed by atoms with Gasteiger partial charge in [0.1, 0.15) is 32.8 Å². The Balaban J connectivity index is 1.83. The lowest BCUT2D eigenvalue weighted by Crippen LogP contribution is -2.34. The maximum absolute atomic E-state index is 5.73. The molecule has 0 amide bonds. The standard InChI is InChI=1S/C18H20O2Si/c1-11-9-15-13(5-7-19-15)17(11)21(3,4)18-12(2)10-16-14(18)6-8-20-16/h5-6,9-10H,7-8H2,1-4H3. The van der Waals surface area contributed by atoms with E-state index in [9.17, 15) is 0 Å². The van der Waals surface area contributed by atoms with Crippen molar-refractivity contribution < 1.29 is 9.47 Å². The Morgan fingerprint density at radius 1 is 0.810 bits per heavy atom. The van der Waals surface area contributed by atoms with Crippen LogP contribution in [0.15, 0.2) is 68.5 Å². The van der Waals surface area contributed by atoms with E-state index in [1.807, 2.05) is 0 Å². The zero-order valence-electron chi connectivity index (χ0n) is 13.0. The quantitative estimate of drug-likeness (QED) is 0.714. The summed E-state index contributed by atoms with van der Waals surface area (Å²) in [6.07, 6.45) is 8.90. The van der Waals surface area contributed by atoms with Gasteiger partial charge in [0.05, 0.1) is 0 Å². The van der Waals surface area contributed by atoms with Crippen molar-refractivity contribution in [2.24, 2.45) is 0 Å². The van der Waals surface area contributed by atoms with E-state index in [0.29, 0.717) is 0 Å². The minimum Gasteiger partial charge on any atom is -0.489 e. The number of hydrogen-bond acceptors (Lipinski definition) is 2. The molecule has 0 unspecified atom stereocenters. The lowest BCUT2D eigenvalue weighted by Gasteiger charge is -2.29. The van der Waals surface area contributed by atoms with Gasteiger partial charge in [0.15, 0.2) is 0 Å². The Kier molecular flexibility index (Phi) is 2.55. The zero-order chi connectivity index (χ0) is 14.8. The van der Waals surface area contributed by atoms with E-state index in [0.717, 1.165) is 24.7 Å². The van der Waals surface area contributed by atoms with Gasteiger partial charge in [0.2, 0.25) is 0 Å². The second-order valence-corrected chi connectivity index (χ2v) is 10.9. The summed E-state index contributed by atoms with van der Waals surface area (Å²) in [5.41, 5.74) is 5.44. The van der Waals surface area contributed by atoms with Crippen LogP contribution in [0.25, 0.3) is 0 Å². The summed E-state index contributed by atoms with van der Waals surface area (Å²) in [6, 6.07) is 0. The van der Waals surface area contributed by atoms with Crippen LogP contribution in [0.2, 0.25) is 13.1 Å². The maximum Gasteiger partial charge on any atom is 0.126 e. The molecule has 4 aliphatic rings. The molecular weight excluding hydrogens is 276 g/mol. The highest BCUT2D eigenvalue weighted by molar-refractivity contribution is 6.92. The molecule has 0 bridgehead atoms. The number of rotatable bonds is 2. The number of hydrogen-bond donors (Lipinski definition) is 0. The zero-order valence-corrected chi connectivity index (χ0v) is 14.0. The highest BCUT2D eigenvalue weighted by atomic mass is 28.3. The third-order valence-corrected chi connectivity index (χ3v) is 8.68. The van der Waals surface area contributed by atoms with Gasteiger partial charge in [-0.3, -0.25) is 0 Å². The molecule has 4 rings (SSSR count). The predicted molar refractivity (Wildman–Crippen MR) is 87.1 cm³/mol. The molecule has 0 N–H and O–H groups in total. The Labute approximate surface area is 126 Å². The minimum absolute atomic E-state index is 0.718. The van der Waals surface area contributed by atoms with E-state index in [2.05, 4.69) is 51.2 Å². The van der Waals surface area contributed by atoms with E-state index in [4.69, 9.17) is 9.47 Å². The summed E-state index contributed by atoms with van der Waals surface area (Å²) in [5.74, 6) is 2.15. The van der Waals surface area contributed by atoms with Gasteiger partial charge in [-0.1, -0.05) is 13.1 Å². The molecule has 2 aliphatic heterocycles. The molecular formula is C18H20O2Si. The Morgan fingerprint density at radius 2 is 1.24 bits per heavy atom. The molecule has 21 heavy (non-hydrogen) atoms. The average molecular weight is 296 g/mol. The molecule has 0 fully saturated rings. The van der Waals surface area contributed by atoms with Crippen molar-refractivity contribution in [1.29, 1.82) is 0 Å². The molecule has 0 aromatic carbocycles. The van der Waals surface area contributed by atoms with Gasteiger partial charge in [-0.05, 0) is 59.7 Å². The van der Waals surface area contributed by atoms with Gasteiger partial charge in [-0.15, -0.1) is 0 Å². The highest BCUT2D eigenvalue weighted by Crippen LogP contribution is 2.48. The molecule has 2 heterocycles. The third-order valence-electron chi connectivity index (χ3n) is 4.86. The molecule has 0 aromatic heterocycles. The van der Waals surface area contributed by atoms with Crippen LogP contribution in [0.4, 0.5) is 0 Å². The SMILES string of the molecule is CC1=C([Si](C)(C)C2=C(C)C=C3OCC=C32)C2=CCOC2=C1. The fraction of sp³-hybridized carbons (Fsp3) is 0.333. The van der Waals surface area contributed by atoms with E-state index < -0.39 is 8.07 Å². The van der Waals surface area contributed by atoms with Crippen molar-refractivity contribution >= 4 is 8.07 Å². The normalized spacial score (nSPS) is 23.4. The monoisotopic (exact) mass is 296 g/mol. The Bertz CT molecular complexity index is 677. The average Bonchev–Trinajstić information content (AvgIpc) is 3.07. The molecule has 0 spiro atoms. The first-order valence-corrected chi connectivity index (χ1v) is 10.5. The van der Waals surface area contributed by atoms with Crippen molar-refractivity contribution in [2.45, 2.75) is 26.9 Å². The lowest BCUT2D eigenvalue weighted by atomic mass is 10.2. The fourth-order valence-corrected chi connectivity index (χ4v) is 8.39. The summed E-state index contributed by atoms with van der Waals surface area (Å²) in [5, 5.41) is 3.07. The van der Waals surface area contributed by atoms with E-state index >= 15 is 0 Å². The first-order chi connectivity index (χ1) is 10.00. The molecule has 0 aromatic rings. The third kappa shape index (κ3) is 1.64. The van der Waals surface area contributed by atoms with Crippen molar-refractivity contribution in [2.75, 3.05) is 13.2 Å². The summed E-state index contributed by atoms with van der Waals surface area (Å²) in [7, 11) is -1.78. The summed E-state index contributed by atoms with van der Waals surface area (Å²) < 4.78 is 11.5. The van der Waals surface area contributed by atoms with Gasteiger partial charge >= 0.3 is 0 Å². The number of fused-ring (bicyclic) bond motifs is 2. The van der Waals surface area contributed by atoms with Crippen LogP contribution in [0.1, 0.15) is 13.8 Å². The van der Waals surface area contributed by atoms with Crippen molar-refractivity contribution in [1.82, 2.24) is 0 Å². The smallest absolute Gasteiger partial charge is 0.126 e. The molecule has 2 aliphatic carbocycles. The summed E-state index contributed by atoms with van der Waals surface area (Å²) >= 11 is 0. The molecule has 108 valence electrons. The molecule has 0 saturated heterocycles. The van der Waals surface area contributed by atoms with Crippen LogP contribution in [-0.2, 0) is 9.47 Å². The van der Waals surface area contributed by atoms with Crippen molar-refractivity contribution in [3.63, 3.8) is 0 Å². The molecule has 0 saturated carbocycles. The van der Waals surface area contributed by atoms with Crippen LogP contribution in [0.3, 0.4) is 0 Å². The minimum atomic E-state index is -1.78. The van der Waals surface area contributed by atoms with Crippen molar-refractivity contribution in [3.8, 4) is 0 Å². The summed E-state index contributed by atoms with van der Waals surface area (Å²) in [4.78, 5) is 0. The van der Waals surface area contributed by atoms with Gasteiger partial charge in [-0.25, -0.2) is 0 Å². The summed E-state index contributed by atoms with van der Waals surface area (Å²) in [6.45, 7) is 10.8. The topological polar surface area (TPSA) is 18.5 Å². The van der Waals surface area contributed by atoms with E-state index in [-0.39, 0.29) is 0 Å². The largest absolute Gasteiger partial charge is 0.489 e. The van der Waals surface area contributed by atoms with Gasteiger partial charge in [0.25, 0.3) is 0 Å². The van der Waals surface area contributed by atoms with E-state index in [1.54, 1.807) is 0 Å². The first kappa shape index (κ1) is 13.0. The van der Waals surface area contributed by atoms with Crippen LogP contribution in [0, 0.1) is 0 Å². The second kappa shape index (κ2) is 4.14. The van der Waals surface area contributed by atoms with Crippen LogP contribution >= 0.6 is 0 Å². The molecule has 0 radical (unpaired) electrons.